The Morgan fingerprint density at radius 1 is 1.55 bits per heavy atom. The van der Waals surface area contributed by atoms with Crippen molar-refractivity contribution in [1.82, 2.24) is 4.90 Å². The van der Waals surface area contributed by atoms with Crippen molar-refractivity contribution in [3.8, 4) is 0 Å². The normalized spacial score (nSPS) is 17.6. The van der Waals surface area contributed by atoms with E-state index >= 15 is 0 Å². The van der Waals surface area contributed by atoms with E-state index in [9.17, 15) is 9.59 Å². The zero-order valence-corrected chi connectivity index (χ0v) is 7.27. The maximum absolute atomic E-state index is 11.2. The molecular weight excluding hydrogens is 162 g/mol. The first-order chi connectivity index (χ1) is 5.20. The summed E-state index contributed by atoms with van der Waals surface area (Å²) in [6, 6.07) is 0. The van der Waals surface area contributed by atoms with E-state index in [1.165, 1.54) is 22.7 Å². The number of carbonyl (C=O) groups is 2. The highest BCUT2D eigenvalue weighted by Gasteiger charge is 2.28. The molecule has 0 spiro atoms. The monoisotopic (exact) mass is 171 g/mol. The highest BCUT2D eigenvalue weighted by Crippen LogP contribution is 2.20. The molecule has 0 bridgehead atoms. The zero-order chi connectivity index (χ0) is 8.43. The average Bonchev–Trinajstić information content (AvgIpc) is 2.26. The first-order valence-electron chi connectivity index (χ1n) is 3.32. The van der Waals surface area contributed by atoms with Gasteiger partial charge in [-0.1, -0.05) is 0 Å². The SMILES string of the molecule is CCN1C(=O)C=C(SC)C1=O. The molecule has 0 aromatic rings. The molecular formula is C7H9NO2S. The van der Waals surface area contributed by atoms with Crippen molar-refractivity contribution in [2.45, 2.75) is 6.92 Å². The molecule has 0 unspecified atom stereocenters. The van der Waals surface area contributed by atoms with E-state index in [2.05, 4.69) is 0 Å². The summed E-state index contributed by atoms with van der Waals surface area (Å²) in [5.74, 6) is -0.355. The van der Waals surface area contributed by atoms with Crippen LogP contribution in [0.25, 0.3) is 0 Å². The van der Waals surface area contributed by atoms with Gasteiger partial charge in [0.25, 0.3) is 11.8 Å². The van der Waals surface area contributed by atoms with Gasteiger partial charge in [-0.2, -0.15) is 0 Å². The molecule has 0 aromatic heterocycles. The summed E-state index contributed by atoms with van der Waals surface area (Å²) >= 11 is 1.31. The van der Waals surface area contributed by atoms with Crippen LogP contribution < -0.4 is 0 Å². The Morgan fingerprint density at radius 2 is 2.18 bits per heavy atom. The quantitative estimate of drug-likeness (QED) is 0.572. The third kappa shape index (κ3) is 1.30. The predicted octanol–water partition coefficient (Wildman–Crippen LogP) is 0.622. The first-order valence-corrected chi connectivity index (χ1v) is 4.54. The van der Waals surface area contributed by atoms with Crippen molar-refractivity contribution in [3.63, 3.8) is 0 Å². The van der Waals surface area contributed by atoms with Gasteiger partial charge in [-0.05, 0) is 13.2 Å². The fourth-order valence-corrected chi connectivity index (χ4v) is 1.43. The molecule has 0 aliphatic carbocycles. The third-order valence-electron chi connectivity index (χ3n) is 1.51. The van der Waals surface area contributed by atoms with Gasteiger partial charge in [0, 0.05) is 12.6 Å². The average molecular weight is 171 g/mol. The minimum atomic E-state index is -0.193. The maximum Gasteiger partial charge on any atom is 0.267 e. The largest absolute Gasteiger partial charge is 0.275 e. The Bertz CT molecular complexity index is 235. The number of hydrogen-bond donors (Lipinski definition) is 0. The van der Waals surface area contributed by atoms with E-state index in [0.717, 1.165) is 0 Å². The second kappa shape index (κ2) is 3.09. The van der Waals surface area contributed by atoms with Gasteiger partial charge in [-0.15, -0.1) is 11.8 Å². The molecule has 1 aliphatic rings. The van der Waals surface area contributed by atoms with Crippen LogP contribution in [0.4, 0.5) is 0 Å². The molecule has 0 atom stereocenters. The van der Waals surface area contributed by atoms with E-state index in [-0.39, 0.29) is 11.8 Å². The van der Waals surface area contributed by atoms with E-state index in [1.807, 2.05) is 0 Å². The number of amides is 2. The van der Waals surface area contributed by atoms with Crippen LogP contribution in [0.1, 0.15) is 6.92 Å². The number of nitrogens with zero attached hydrogens (tertiary/aromatic N) is 1. The summed E-state index contributed by atoms with van der Waals surface area (Å²) < 4.78 is 0. The number of thioether (sulfide) groups is 1. The van der Waals surface area contributed by atoms with Crippen LogP contribution in [-0.4, -0.2) is 29.5 Å². The van der Waals surface area contributed by atoms with Crippen molar-refractivity contribution in [2.75, 3.05) is 12.8 Å². The van der Waals surface area contributed by atoms with Crippen molar-refractivity contribution >= 4 is 23.6 Å². The second-order valence-corrected chi connectivity index (χ2v) is 2.95. The van der Waals surface area contributed by atoms with Gasteiger partial charge in [0.2, 0.25) is 0 Å². The molecule has 60 valence electrons. The molecule has 1 rings (SSSR count). The van der Waals surface area contributed by atoms with Crippen LogP contribution in [0.3, 0.4) is 0 Å². The molecule has 2 amide bonds. The van der Waals surface area contributed by atoms with E-state index in [0.29, 0.717) is 11.4 Å². The standard InChI is InChI=1S/C7H9NO2S/c1-3-8-6(9)4-5(11-2)7(8)10/h4H,3H2,1-2H3. The van der Waals surface area contributed by atoms with Crippen LogP contribution in [0.5, 0.6) is 0 Å². The molecule has 0 saturated heterocycles. The molecule has 3 nitrogen and oxygen atoms in total. The van der Waals surface area contributed by atoms with Crippen molar-refractivity contribution < 1.29 is 9.59 Å². The van der Waals surface area contributed by atoms with Crippen molar-refractivity contribution in [2.24, 2.45) is 0 Å². The smallest absolute Gasteiger partial charge is 0.267 e. The van der Waals surface area contributed by atoms with Crippen LogP contribution in [0, 0.1) is 0 Å². The topological polar surface area (TPSA) is 37.4 Å². The fraction of sp³-hybridized carbons (Fsp3) is 0.429. The maximum atomic E-state index is 11.2. The second-order valence-electron chi connectivity index (χ2n) is 2.10. The lowest BCUT2D eigenvalue weighted by Gasteiger charge is -2.09. The highest BCUT2D eigenvalue weighted by atomic mass is 32.2. The molecule has 0 radical (unpaired) electrons. The number of imide groups is 1. The van der Waals surface area contributed by atoms with Gasteiger partial charge >= 0.3 is 0 Å². The lowest BCUT2D eigenvalue weighted by Crippen LogP contribution is -2.30. The molecule has 1 aliphatic heterocycles. The van der Waals surface area contributed by atoms with E-state index in [4.69, 9.17) is 0 Å². The van der Waals surface area contributed by atoms with E-state index < -0.39 is 0 Å². The fourth-order valence-electron chi connectivity index (χ4n) is 0.931. The van der Waals surface area contributed by atoms with Gasteiger partial charge in [-0.25, -0.2) is 0 Å². The van der Waals surface area contributed by atoms with Crippen LogP contribution in [0.15, 0.2) is 11.0 Å². The summed E-state index contributed by atoms with van der Waals surface area (Å²) in [4.78, 5) is 24.0. The van der Waals surface area contributed by atoms with Gasteiger partial charge < -0.3 is 0 Å². The molecule has 4 heteroatoms. The lowest BCUT2D eigenvalue weighted by atomic mass is 10.5. The Morgan fingerprint density at radius 3 is 2.45 bits per heavy atom. The summed E-state index contributed by atoms with van der Waals surface area (Å²) in [6.45, 7) is 2.24. The van der Waals surface area contributed by atoms with Crippen LogP contribution in [-0.2, 0) is 9.59 Å². The molecule has 0 N–H and O–H groups in total. The van der Waals surface area contributed by atoms with E-state index in [1.54, 1.807) is 13.2 Å². The number of likely N-dealkylation sites (N-methyl/N-ethyl adjacent to an activating group) is 1. The van der Waals surface area contributed by atoms with Crippen LogP contribution >= 0.6 is 11.8 Å². The number of rotatable bonds is 2. The highest BCUT2D eigenvalue weighted by molar-refractivity contribution is 8.03. The van der Waals surface area contributed by atoms with Gasteiger partial charge in [-0.3, -0.25) is 14.5 Å². The van der Waals surface area contributed by atoms with Gasteiger partial charge in [0.1, 0.15) is 0 Å². The Hall–Kier alpha value is -0.770. The Kier molecular flexibility index (Phi) is 2.34. The predicted molar refractivity (Wildman–Crippen MR) is 44.0 cm³/mol. The molecule has 1 heterocycles. The van der Waals surface area contributed by atoms with Crippen molar-refractivity contribution in [1.29, 1.82) is 0 Å². The summed E-state index contributed by atoms with van der Waals surface area (Å²) in [6.07, 6.45) is 3.17. The van der Waals surface area contributed by atoms with Gasteiger partial charge in [0.05, 0.1) is 4.91 Å². The minimum Gasteiger partial charge on any atom is -0.275 e. The number of carbonyl (C=O) groups excluding carboxylic acids is 2. The van der Waals surface area contributed by atoms with Gasteiger partial charge in [0.15, 0.2) is 0 Å². The Labute approximate surface area is 69.4 Å². The van der Waals surface area contributed by atoms with Crippen molar-refractivity contribution in [3.05, 3.63) is 11.0 Å². The van der Waals surface area contributed by atoms with Crippen LogP contribution in [0.2, 0.25) is 0 Å². The molecule has 11 heavy (non-hydrogen) atoms. The zero-order valence-electron chi connectivity index (χ0n) is 6.46. The molecule has 0 saturated carbocycles. The molecule has 0 aromatic carbocycles. The summed E-state index contributed by atoms with van der Waals surface area (Å²) in [5.41, 5.74) is 0. The number of hydrogen-bond acceptors (Lipinski definition) is 3. The summed E-state index contributed by atoms with van der Waals surface area (Å²) in [7, 11) is 0. The minimum absolute atomic E-state index is 0.162. The first kappa shape index (κ1) is 8.33. The lowest BCUT2D eigenvalue weighted by molar-refractivity contribution is -0.136. The third-order valence-corrected chi connectivity index (χ3v) is 2.24. The molecule has 0 fully saturated rings. The summed E-state index contributed by atoms with van der Waals surface area (Å²) in [5, 5.41) is 0. The Balaban J connectivity index is 2.84.